The molecule has 0 aliphatic carbocycles. The lowest BCUT2D eigenvalue weighted by Crippen LogP contribution is -2.17. The zero-order chi connectivity index (χ0) is 9.80. The van der Waals surface area contributed by atoms with E-state index in [0.29, 0.717) is 0 Å². The Hall–Kier alpha value is -0.0900. The molecule has 1 aliphatic rings. The van der Waals surface area contributed by atoms with Gasteiger partial charge < -0.3 is 0 Å². The molecule has 1 aliphatic heterocycles. The molecule has 0 radical (unpaired) electrons. The number of fused-ring (bicyclic) bond motifs is 1. The summed E-state index contributed by atoms with van der Waals surface area (Å²) >= 11 is 2.46. The fourth-order valence-electron chi connectivity index (χ4n) is 1.99. The molecule has 0 saturated carbocycles. The molecular weight excluding hydrogens is 285 g/mol. The van der Waals surface area contributed by atoms with Crippen molar-refractivity contribution in [3.8, 4) is 0 Å². The molecule has 0 fully saturated rings. The Kier molecular flexibility index (Phi) is 3.81. The number of halogens is 1. The smallest absolute Gasteiger partial charge is 0.0240 e. The SMILES string of the molecule is ICCCCN1Cc2ccccc2C1. The van der Waals surface area contributed by atoms with Gasteiger partial charge in [-0.25, -0.2) is 0 Å². The Morgan fingerprint density at radius 3 is 2.29 bits per heavy atom. The first-order valence-corrected chi connectivity index (χ1v) is 6.78. The molecule has 0 unspecified atom stereocenters. The third-order valence-corrected chi connectivity index (χ3v) is 3.53. The van der Waals surface area contributed by atoms with E-state index in [1.807, 2.05) is 0 Å². The molecule has 0 aromatic heterocycles. The number of nitrogens with zero attached hydrogens (tertiary/aromatic N) is 1. The summed E-state index contributed by atoms with van der Waals surface area (Å²) in [5, 5.41) is 0. The molecular formula is C12H16IN. The third-order valence-electron chi connectivity index (χ3n) is 2.76. The average molecular weight is 301 g/mol. The van der Waals surface area contributed by atoms with Crippen molar-refractivity contribution in [1.82, 2.24) is 4.90 Å². The zero-order valence-electron chi connectivity index (χ0n) is 8.38. The van der Waals surface area contributed by atoms with E-state index >= 15 is 0 Å². The zero-order valence-corrected chi connectivity index (χ0v) is 10.5. The standard InChI is InChI=1S/C12H16IN/c13-7-3-4-8-14-9-11-5-1-2-6-12(11)10-14/h1-2,5-6H,3-4,7-10H2. The van der Waals surface area contributed by atoms with E-state index in [9.17, 15) is 0 Å². The number of alkyl halides is 1. The van der Waals surface area contributed by atoms with Crippen molar-refractivity contribution in [3.63, 3.8) is 0 Å². The Balaban J connectivity index is 1.86. The van der Waals surface area contributed by atoms with Gasteiger partial charge in [-0.1, -0.05) is 46.9 Å². The summed E-state index contributed by atoms with van der Waals surface area (Å²) in [7, 11) is 0. The predicted octanol–water partition coefficient (Wildman–Crippen LogP) is 3.22. The van der Waals surface area contributed by atoms with Crippen LogP contribution >= 0.6 is 22.6 Å². The Morgan fingerprint density at radius 1 is 1.07 bits per heavy atom. The maximum atomic E-state index is 2.55. The average Bonchev–Trinajstić information content (AvgIpc) is 2.60. The largest absolute Gasteiger partial charge is 0.295 e. The molecule has 0 bridgehead atoms. The van der Waals surface area contributed by atoms with Crippen LogP contribution in [0.25, 0.3) is 0 Å². The van der Waals surface area contributed by atoms with Crippen molar-refractivity contribution in [2.75, 3.05) is 11.0 Å². The molecule has 0 saturated heterocycles. The fourth-order valence-corrected chi connectivity index (χ4v) is 2.53. The van der Waals surface area contributed by atoms with Gasteiger partial charge >= 0.3 is 0 Å². The van der Waals surface area contributed by atoms with Crippen LogP contribution < -0.4 is 0 Å². The number of hydrogen-bond acceptors (Lipinski definition) is 1. The monoisotopic (exact) mass is 301 g/mol. The summed E-state index contributed by atoms with van der Waals surface area (Å²) in [5.74, 6) is 0. The molecule has 2 heteroatoms. The lowest BCUT2D eigenvalue weighted by atomic mass is 10.1. The van der Waals surface area contributed by atoms with E-state index in [2.05, 4.69) is 51.8 Å². The highest BCUT2D eigenvalue weighted by Gasteiger charge is 2.16. The Labute approximate surface area is 99.6 Å². The minimum Gasteiger partial charge on any atom is -0.295 e. The summed E-state index contributed by atoms with van der Waals surface area (Å²) in [6, 6.07) is 8.81. The number of hydrogen-bond donors (Lipinski definition) is 0. The second-order valence-electron chi connectivity index (χ2n) is 3.88. The van der Waals surface area contributed by atoms with Gasteiger partial charge in [-0.05, 0) is 34.9 Å². The van der Waals surface area contributed by atoms with Crippen LogP contribution in [0, 0.1) is 0 Å². The fraction of sp³-hybridized carbons (Fsp3) is 0.500. The first kappa shape index (κ1) is 10.4. The van der Waals surface area contributed by atoms with Crippen LogP contribution in [0.2, 0.25) is 0 Å². The highest BCUT2D eigenvalue weighted by Crippen LogP contribution is 2.22. The van der Waals surface area contributed by atoms with Crippen LogP contribution in [0.3, 0.4) is 0 Å². The molecule has 76 valence electrons. The molecule has 0 spiro atoms. The lowest BCUT2D eigenvalue weighted by Gasteiger charge is -2.13. The summed E-state index contributed by atoms with van der Waals surface area (Å²) in [6.07, 6.45) is 2.70. The first-order valence-electron chi connectivity index (χ1n) is 5.25. The molecule has 0 amide bonds. The van der Waals surface area contributed by atoms with Gasteiger partial charge in [-0.15, -0.1) is 0 Å². The quantitative estimate of drug-likeness (QED) is 0.469. The summed E-state index contributed by atoms with van der Waals surface area (Å²) in [5.41, 5.74) is 3.06. The van der Waals surface area contributed by atoms with Gasteiger partial charge in [0.2, 0.25) is 0 Å². The van der Waals surface area contributed by atoms with E-state index in [0.717, 1.165) is 13.1 Å². The predicted molar refractivity (Wildman–Crippen MR) is 68.7 cm³/mol. The summed E-state index contributed by atoms with van der Waals surface area (Å²) in [4.78, 5) is 2.55. The third kappa shape index (κ3) is 2.48. The van der Waals surface area contributed by atoms with Crippen LogP contribution in [0.4, 0.5) is 0 Å². The van der Waals surface area contributed by atoms with Crippen molar-refractivity contribution >= 4 is 22.6 Å². The Bertz CT molecular complexity index is 273. The normalized spacial score (nSPS) is 15.8. The van der Waals surface area contributed by atoms with Crippen LogP contribution in [-0.2, 0) is 13.1 Å². The topological polar surface area (TPSA) is 3.24 Å². The summed E-state index contributed by atoms with van der Waals surface area (Å²) in [6.45, 7) is 3.59. The van der Waals surface area contributed by atoms with E-state index in [-0.39, 0.29) is 0 Å². The van der Waals surface area contributed by atoms with Crippen molar-refractivity contribution in [3.05, 3.63) is 35.4 Å². The highest BCUT2D eigenvalue weighted by molar-refractivity contribution is 14.1. The second-order valence-corrected chi connectivity index (χ2v) is 4.95. The van der Waals surface area contributed by atoms with Gasteiger partial charge in [0, 0.05) is 13.1 Å². The molecule has 2 rings (SSSR count). The summed E-state index contributed by atoms with van der Waals surface area (Å²) < 4.78 is 1.29. The van der Waals surface area contributed by atoms with Gasteiger partial charge in [0.25, 0.3) is 0 Å². The van der Waals surface area contributed by atoms with Gasteiger partial charge in [-0.3, -0.25) is 4.90 Å². The van der Waals surface area contributed by atoms with Crippen LogP contribution in [-0.4, -0.2) is 15.9 Å². The van der Waals surface area contributed by atoms with Crippen molar-refractivity contribution in [2.24, 2.45) is 0 Å². The van der Waals surface area contributed by atoms with E-state index in [4.69, 9.17) is 0 Å². The molecule has 0 N–H and O–H groups in total. The number of unbranched alkanes of at least 4 members (excludes halogenated alkanes) is 1. The van der Waals surface area contributed by atoms with Crippen LogP contribution in [0.15, 0.2) is 24.3 Å². The maximum Gasteiger partial charge on any atom is 0.0240 e. The van der Waals surface area contributed by atoms with Crippen molar-refractivity contribution in [2.45, 2.75) is 25.9 Å². The molecule has 1 nitrogen and oxygen atoms in total. The van der Waals surface area contributed by atoms with Gasteiger partial charge in [0.05, 0.1) is 0 Å². The first-order chi connectivity index (χ1) is 6.90. The molecule has 1 aromatic rings. The van der Waals surface area contributed by atoms with Crippen molar-refractivity contribution < 1.29 is 0 Å². The maximum absolute atomic E-state index is 2.55. The lowest BCUT2D eigenvalue weighted by molar-refractivity contribution is 0.280. The van der Waals surface area contributed by atoms with Gasteiger partial charge in [-0.2, -0.15) is 0 Å². The number of rotatable bonds is 4. The molecule has 0 atom stereocenters. The van der Waals surface area contributed by atoms with Crippen LogP contribution in [0.1, 0.15) is 24.0 Å². The van der Waals surface area contributed by atoms with Crippen LogP contribution in [0.5, 0.6) is 0 Å². The second kappa shape index (κ2) is 5.12. The van der Waals surface area contributed by atoms with Crippen molar-refractivity contribution in [1.29, 1.82) is 0 Å². The highest BCUT2D eigenvalue weighted by atomic mass is 127. The molecule has 1 aromatic carbocycles. The minimum atomic E-state index is 1.16. The van der Waals surface area contributed by atoms with E-state index < -0.39 is 0 Å². The number of benzene rings is 1. The Morgan fingerprint density at radius 2 is 1.71 bits per heavy atom. The van der Waals surface area contributed by atoms with Gasteiger partial charge in [0.15, 0.2) is 0 Å². The molecule has 1 heterocycles. The molecule has 14 heavy (non-hydrogen) atoms. The van der Waals surface area contributed by atoms with E-state index in [1.165, 1.54) is 34.9 Å². The van der Waals surface area contributed by atoms with Gasteiger partial charge in [0.1, 0.15) is 0 Å². The van der Waals surface area contributed by atoms with E-state index in [1.54, 1.807) is 0 Å². The minimum absolute atomic E-state index is 1.16.